The summed E-state index contributed by atoms with van der Waals surface area (Å²) in [5.74, 6) is 0.0312. The van der Waals surface area contributed by atoms with Gasteiger partial charge in [-0.1, -0.05) is 35.9 Å². The van der Waals surface area contributed by atoms with Crippen molar-refractivity contribution in [2.75, 3.05) is 12.4 Å². The smallest absolute Gasteiger partial charge is 0.257 e. The second-order valence-electron chi connectivity index (χ2n) is 4.60. The molecule has 2 rings (SSSR count). The van der Waals surface area contributed by atoms with Crippen LogP contribution in [0.15, 0.2) is 42.5 Å². The number of halogens is 1. The van der Waals surface area contributed by atoms with Crippen LogP contribution in [0.25, 0.3) is 0 Å². The Hall–Kier alpha value is -2.04. The molecule has 0 saturated heterocycles. The topological polar surface area (TPSA) is 58.6 Å². The minimum Gasteiger partial charge on any atom is -0.497 e. The fourth-order valence-electron chi connectivity index (χ4n) is 1.91. The van der Waals surface area contributed by atoms with Crippen LogP contribution in [0.4, 0.5) is 5.69 Å². The van der Waals surface area contributed by atoms with E-state index >= 15 is 0 Å². The number of rotatable bonds is 4. The highest BCUT2D eigenvalue weighted by Gasteiger charge is 2.19. The number of benzene rings is 2. The summed E-state index contributed by atoms with van der Waals surface area (Å²) in [5, 5.41) is 13.2. The Balaban J connectivity index is 2.17. The minimum atomic E-state index is -1.29. The normalized spacial score (nSPS) is 11.8. The molecule has 0 aliphatic rings. The van der Waals surface area contributed by atoms with Crippen molar-refractivity contribution < 1.29 is 14.6 Å². The zero-order valence-electron chi connectivity index (χ0n) is 11.8. The first kappa shape index (κ1) is 15.4. The standard InChI is InChI=1S/C16H16ClNO3/c1-10-5-3-8-13(14(10)17)18-16(20)15(19)11-6-4-7-12(9-11)21-2/h3-9,15,19H,1-2H3,(H,18,20). The summed E-state index contributed by atoms with van der Waals surface area (Å²) in [6.45, 7) is 1.84. The summed E-state index contributed by atoms with van der Waals surface area (Å²) in [6.07, 6.45) is -1.29. The zero-order chi connectivity index (χ0) is 15.4. The van der Waals surface area contributed by atoms with Gasteiger partial charge in [-0.05, 0) is 36.2 Å². The molecule has 0 heterocycles. The second kappa shape index (κ2) is 6.61. The van der Waals surface area contributed by atoms with E-state index in [9.17, 15) is 9.90 Å². The molecule has 0 spiro atoms. The maximum atomic E-state index is 12.1. The Kier molecular flexibility index (Phi) is 4.83. The third kappa shape index (κ3) is 3.54. The van der Waals surface area contributed by atoms with E-state index in [2.05, 4.69) is 5.32 Å². The van der Waals surface area contributed by atoms with Crippen LogP contribution in [-0.2, 0) is 4.79 Å². The lowest BCUT2D eigenvalue weighted by atomic mass is 10.1. The maximum Gasteiger partial charge on any atom is 0.257 e. The molecule has 21 heavy (non-hydrogen) atoms. The van der Waals surface area contributed by atoms with E-state index in [1.807, 2.05) is 13.0 Å². The number of carbonyl (C=O) groups is 1. The molecule has 0 aromatic heterocycles. The average Bonchev–Trinajstić information content (AvgIpc) is 2.51. The molecule has 0 aliphatic carbocycles. The number of hydrogen-bond acceptors (Lipinski definition) is 3. The lowest BCUT2D eigenvalue weighted by molar-refractivity contribution is -0.124. The van der Waals surface area contributed by atoms with Crippen LogP contribution in [0, 0.1) is 6.92 Å². The summed E-state index contributed by atoms with van der Waals surface area (Å²) in [4.78, 5) is 12.1. The summed E-state index contributed by atoms with van der Waals surface area (Å²) >= 11 is 6.12. The lowest BCUT2D eigenvalue weighted by Crippen LogP contribution is -2.21. The number of methoxy groups -OCH3 is 1. The number of aliphatic hydroxyl groups is 1. The summed E-state index contributed by atoms with van der Waals surface area (Å²) in [6, 6.07) is 12.0. The quantitative estimate of drug-likeness (QED) is 0.911. The first-order chi connectivity index (χ1) is 10.0. The Labute approximate surface area is 128 Å². The van der Waals surface area contributed by atoms with Crippen LogP contribution in [-0.4, -0.2) is 18.1 Å². The van der Waals surface area contributed by atoms with Crippen LogP contribution in [0.3, 0.4) is 0 Å². The van der Waals surface area contributed by atoms with Crippen molar-refractivity contribution in [3.8, 4) is 5.75 Å². The van der Waals surface area contributed by atoms with E-state index in [0.29, 0.717) is 22.0 Å². The van der Waals surface area contributed by atoms with Gasteiger partial charge in [-0.15, -0.1) is 0 Å². The molecule has 4 nitrogen and oxygen atoms in total. The number of aryl methyl sites for hydroxylation is 1. The molecule has 2 aromatic carbocycles. The SMILES string of the molecule is COc1cccc(C(O)C(=O)Nc2cccc(C)c2Cl)c1. The Bertz CT molecular complexity index is 658. The molecule has 0 aliphatic heterocycles. The van der Waals surface area contributed by atoms with Crippen LogP contribution >= 0.6 is 11.6 Å². The molecule has 1 amide bonds. The van der Waals surface area contributed by atoms with Crippen molar-refractivity contribution in [2.24, 2.45) is 0 Å². The van der Waals surface area contributed by atoms with Crippen molar-refractivity contribution >= 4 is 23.2 Å². The minimum absolute atomic E-state index is 0.454. The van der Waals surface area contributed by atoms with Crippen molar-refractivity contribution in [1.82, 2.24) is 0 Å². The van der Waals surface area contributed by atoms with Crippen molar-refractivity contribution in [1.29, 1.82) is 0 Å². The third-order valence-electron chi connectivity index (χ3n) is 3.11. The largest absolute Gasteiger partial charge is 0.497 e. The Morgan fingerprint density at radius 3 is 2.71 bits per heavy atom. The van der Waals surface area contributed by atoms with Gasteiger partial charge in [-0.3, -0.25) is 4.79 Å². The van der Waals surface area contributed by atoms with Crippen LogP contribution in [0.1, 0.15) is 17.2 Å². The van der Waals surface area contributed by atoms with Crippen molar-refractivity contribution in [3.05, 3.63) is 58.6 Å². The molecular formula is C16H16ClNO3. The monoisotopic (exact) mass is 305 g/mol. The number of carbonyl (C=O) groups excluding carboxylic acids is 1. The van der Waals surface area contributed by atoms with E-state index in [1.165, 1.54) is 7.11 Å². The first-order valence-electron chi connectivity index (χ1n) is 6.41. The molecule has 0 saturated carbocycles. The van der Waals surface area contributed by atoms with Crippen LogP contribution < -0.4 is 10.1 Å². The molecule has 2 N–H and O–H groups in total. The van der Waals surface area contributed by atoms with Gasteiger partial charge >= 0.3 is 0 Å². The van der Waals surface area contributed by atoms with E-state index in [0.717, 1.165) is 5.56 Å². The predicted octanol–water partition coefficient (Wildman–Crippen LogP) is 3.33. The highest BCUT2D eigenvalue weighted by molar-refractivity contribution is 6.34. The average molecular weight is 306 g/mol. The predicted molar refractivity (Wildman–Crippen MR) is 82.8 cm³/mol. The molecule has 0 radical (unpaired) electrons. The highest BCUT2D eigenvalue weighted by atomic mass is 35.5. The Morgan fingerprint density at radius 2 is 2.00 bits per heavy atom. The number of ether oxygens (including phenoxy) is 1. The van der Waals surface area contributed by atoms with Gasteiger partial charge in [0.05, 0.1) is 17.8 Å². The number of anilines is 1. The Morgan fingerprint density at radius 1 is 1.29 bits per heavy atom. The van der Waals surface area contributed by atoms with Gasteiger partial charge in [0.15, 0.2) is 6.10 Å². The van der Waals surface area contributed by atoms with E-state index in [1.54, 1.807) is 36.4 Å². The van der Waals surface area contributed by atoms with Crippen LogP contribution in [0.2, 0.25) is 5.02 Å². The van der Waals surface area contributed by atoms with Gasteiger partial charge in [-0.2, -0.15) is 0 Å². The summed E-state index contributed by atoms with van der Waals surface area (Å²) < 4.78 is 5.07. The lowest BCUT2D eigenvalue weighted by Gasteiger charge is -2.14. The first-order valence-corrected chi connectivity index (χ1v) is 6.78. The van der Waals surface area contributed by atoms with Gasteiger partial charge in [0, 0.05) is 0 Å². The van der Waals surface area contributed by atoms with Gasteiger partial charge in [0.1, 0.15) is 5.75 Å². The van der Waals surface area contributed by atoms with E-state index in [4.69, 9.17) is 16.3 Å². The zero-order valence-corrected chi connectivity index (χ0v) is 12.5. The maximum absolute atomic E-state index is 12.1. The van der Waals surface area contributed by atoms with E-state index in [-0.39, 0.29) is 0 Å². The second-order valence-corrected chi connectivity index (χ2v) is 4.98. The molecule has 2 aromatic rings. The molecule has 0 bridgehead atoms. The number of hydrogen-bond donors (Lipinski definition) is 2. The van der Waals surface area contributed by atoms with Gasteiger partial charge in [-0.25, -0.2) is 0 Å². The van der Waals surface area contributed by atoms with E-state index < -0.39 is 12.0 Å². The molecule has 0 fully saturated rings. The van der Waals surface area contributed by atoms with Gasteiger partial charge < -0.3 is 15.2 Å². The highest BCUT2D eigenvalue weighted by Crippen LogP contribution is 2.27. The number of amides is 1. The summed E-state index contributed by atoms with van der Waals surface area (Å²) in [5.41, 5.74) is 1.78. The fraction of sp³-hybridized carbons (Fsp3) is 0.188. The van der Waals surface area contributed by atoms with Gasteiger partial charge in [0.25, 0.3) is 5.91 Å². The fourth-order valence-corrected chi connectivity index (χ4v) is 2.08. The number of nitrogens with one attached hydrogen (secondary N) is 1. The van der Waals surface area contributed by atoms with Gasteiger partial charge in [0.2, 0.25) is 0 Å². The molecule has 110 valence electrons. The molecule has 1 unspecified atom stereocenters. The molecular weight excluding hydrogens is 290 g/mol. The molecule has 1 atom stereocenters. The molecule has 5 heteroatoms. The number of aliphatic hydroxyl groups excluding tert-OH is 1. The summed E-state index contributed by atoms with van der Waals surface area (Å²) in [7, 11) is 1.53. The van der Waals surface area contributed by atoms with Crippen molar-refractivity contribution in [3.63, 3.8) is 0 Å². The van der Waals surface area contributed by atoms with Crippen LogP contribution in [0.5, 0.6) is 5.75 Å². The van der Waals surface area contributed by atoms with Crippen molar-refractivity contribution in [2.45, 2.75) is 13.0 Å². The third-order valence-corrected chi connectivity index (χ3v) is 3.61.